The maximum Gasteiger partial charge on any atom is 0.350 e. The summed E-state index contributed by atoms with van der Waals surface area (Å²) in [4.78, 5) is 0. The largest absolute Gasteiger partial charge is 0.350 e. The maximum absolute atomic E-state index is 5.37. The minimum absolute atomic E-state index is 0.553. The van der Waals surface area contributed by atoms with Crippen LogP contribution in [0.2, 0.25) is 0 Å². The van der Waals surface area contributed by atoms with Crippen LogP contribution in [-0.4, -0.2) is 12.9 Å². The average Bonchev–Trinajstić information content (AvgIpc) is 2.29. The molecule has 1 aliphatic rings. The summed E-state index contributed by atoms with van der Waals surface area (Å²) in [7, 11) is 1.72. The number of rotatable bonds is 1. The number of benzene rings is 1. The van der Waals surface area contributed by atoms with E-state index in [0.29, 0.717) is 5.92 Å². The second-order valence-electron chi connectivity index (χ2n) is 4.31. The van der Waals surface area contributed by atoms with Crippen molar-refractivity contribution < 1.29 is 4.42 Å². The zero-order valence-electron chi connectivity index (χ0n) is 10.0. The van der Waals surface area contributed by atoms with E-state index in [9.17, 15) is 0 Å². The lowest BCUT2D eigenvalue weighted by Gasteiger charge is -2.11. The summed E-state index contributed by atoms with van der Waals surface area (Å²) >= 11 is 0. The molecule has 0 fully saturated rings. The quantitative estimate of drug-likeness (QED) is 0.631. The molecule has 0 amide bonds. The Bertz CT molecular complexity index is 476. The standard InChI is InChI=1S/C15H17O/c1-11(2)10-12-8-9-15(16-3)14-7-5-4-6-13(12)14/h4-11H,1-3H3/q+1/b12-10+. The van der Waals surface area contributed by atoms with Gasteiger partial charge in [0.2, 0.25) is 0 Å². The molecule has 0 heterocycles. The van der Waals surface area contributed by atoms with Gasteiger partial charge in [-0.3, -0.25) is 4.42 Å². The van der Waals surface area contributed by atoms with Crippen molar-refractivity contribution in [3.8, 4) is 0 Å². The third kappa shape index (κ3) is 1.99. The fourth-order valence-electron chi connectivity index (χ4n) is 1.98. The van der Waals surface area contributed by atoms with Gasteiger partial charge in [0.05, 0.1) is 5.56 Å². The minimum atomic E-state index is 0.553. The molecule has 1 aromatic carbocycles. The number of allylic oxidation sites excluding steroid dienone is 4. The normalized spacial score (nSPS) is 19.5. The molecular formula is C15H17O+. The molecule has 0 saturated heterocycles. The van der Waals surface area contributed by atoms with Gasteiger partial charge in [-0.05, 0) is 29.2 Å². The van der Waals surface area contributed by atoms with E-state index in [-0.39, 0.29) is 0 Å². The Hall–Kier alpha value is -1.63. The van der Waals surface area contributed by atoms with Gasteiger partial charge in [-0.25, -0.2) is 0 Å². The van der Waals surface area contributed by atoms with Gasteiger partial charge >= 0.3 is 5.78 Å². The first-order valence-corrected chi connectivity index (χ1v) is 5.63. The van der Waals surface area contributed by atoms with Crippen LogP contribution in [-0.2, 0) is 0 Å². The SMILES string of the molecule is C[O+]=C1C=C/C(=C\C(C)C)c2ccccc21. The van der Waals surface area contributed by atoms with Crippen molar-refractivity contribution in [1.82, 2.24) is 0 Å². The van der Waals surface area contributed by atoms with E-state index in [4.69, 9.17) is 4.42 Å². The topological polar surface area (TPSA) is 11.3 Å². The maximum atomic E-state index is 5.37. The summed E-state index contributed by atoms with van der Waals surface area (Å²) in [6.45, 7) is 4.39. The highest BCUT2D eigenvalue weighted by Crippen LogP contribution is 2.27. The van der Waals surface area contributed by atoms with Gasteiger partial charge in [-0.15, -0.1) is 0 Å². The Balaban J connectivity index is 2.57. The van der Waals surface area contributed by atoms with E-state index in [0.717, 1.165) is 5.78 Å². The Morgan fingerprint density at radius 3 is 2.38 bits per heavy atom. The van der Waals surface area contributed by atoms with Crippen LogP contribution in [0.4, 0.5) is 0 Å². The molecule has 0 radical (unpaired) electrons. The summed E-state index contributed by atoms with van der Waals surface area (Å²) in [5.41, 5.74) is 3.72. The Labute approximate surface area is 96.8 Å². The summed E-state index contributed by atoms with van der Waals surface area (Å²) in [5.74, 6) is 1.49. The van der Waals surface area contributed by atoms with E-state index in [1.54, 1.807) is 7.11 Å². The molecule has 0 N–H and O–H groups in total. The zero-order valence-corrected chi connectivity index (χ0v) is 10.0. The van der Waals surface area contributed by atoms with Crippen LogP contribution in [0.1, 0.15) is 29.4 Å². The number of ketones is 1. The predicted molar refractivity (Wildman–Crippen MR) is 68.7 cm³/mol. The van der Waals surface area contributed by atoms with Gasteiger partial charge in [0.15, 0.2) is 0 Å². The van der Waals surface area contributed by atoms with Crippen LogP contribution in [0.15, 0.2) is 42.5 Å². The summed E-state index contributed by atoms with van der Waals surface area (Å²) in [5, 5.41) is 0. The van der Waals surface area contributed by atoms with Gasteiger partial charge in [0.25, 0.3) is 7.11 Å². The number of hydrogen-bond acceptors (Lipinski definition) is 0. The van der Waals surface area contributed by atoms with Crippen LogP contribution in [0.5, 0.6) is 0 Å². The first-order valence-electron chi connectivity index (χ1n) is 5.63. The molecule has 0 unspecified atom stereocenters. The third-order valence-electron chi connectivity index (χ3n) is 2.65. The number of hydrogen-bond donors (Lipinski definition) is 0. The highest BCUT2D eigenvalue weighted by atomic mass is 16.4. The molecule has 0 saturated carbocycles. The molecule has 1 heteroatoms. The van der Waals surface area contributed by atoms with E-state index < -0.39 is 0 Å². The third-order valence-corrected chi connectivity index (χ3v) is 2.65. The van der Waals surface area contributed by atoms with Crippen molar-refractivity contribution in [2.24, 2.45) is 5.92 Å². The monoisotopic (exact) mass is 213 g/mol. The minimum Gasteiger partial charge on any atom is -0.257 e. The van der Waals surface area contributed by atoms with E-state index in [1.165, 1.54) is 16.7 Å². The molecule has 1 aromatic rings. The van der Waals surface area contributed by atoms with Gasteiger partial charge < -0.3 is 0 Å². The lowest BCUT2D eigenvalue weighted by molar-refractivity contribution is -0.222. The molecule has 0 spiro atoms. The number of fused-ring (bicyclic) bond motifs is 1. The molecule has 82 valence electrons. The van der Waals surface area contributed by atoms with Crippen molar-refractivity contribution in [3.63, 3.8) is 0 Å². The van der Waals surface area contributed by atoms with Crippen molar-refractivity contribution in [1.29, 1.82) is 0 Å². The van der Waals surface area contributed by atoms with Gasteiger partial charge in [-0.2, -0.15) is 0 Å². The predicted octanol–water partition coefficient (Wildman–Crippen LogP) is 3.64. The van der Waals surface area contributed by atoms with Crippen LogP contribution in [0, 0.1) is 5.92 Å². The molecule has 0 aromatic heterocycles. The Morgan fingerprint density at radius 2 is 1.75 bits per heavy atom. The Morgan fingerprint density at radius 1 is 1.06 bits per heavy atom. The lowest BCUT2D eigenvalue weighted by atomic mass is 9.90. The highest BCUT2D eigenvalue weighted by Gasteiger charge is 2.21. The molecule has 16 heavy (non-hydrogen) atoms. The Kier molecular flexibility index (Phi) is 3.04. The van der Waals surface area contributed by atoms with Crippen LogP contribution < -0.4 is 0 Å². The van der Waals surface area contributed by atoms with Crippen LogP contribution in [0.25, 0.3) is 5.57 Å². The molecule has 2 rings (SSSR count). The summed E-state index contributed by atoms with van der Waals surface area (Å²) < 4.78 is 5.37. The molecule has 0 bridgehead atoms. The molecule has 1 nitrogen and oxygen atoms in total. The van der Waals surface area contributed by atoms with E-state index in [2.05, 4.69) is 44.2 Å². The smallest absolute Gasteiger partial charge is 0.257 e. The van der Waals surface area contributed by atoms with Gasteiger partial charge in [0.1, 0.15) is 0 Å². The van der Waals surface area contributed by atoms with Crippen LogP contribution in [0.3, 0.4) is 0 Å². The number of carbonyl (C=O) groups excluding carboxylic acids is 1. The van der Waals surface area contributed by atoms with Gasteiger partial charge in [0, 0.05) is 6.08 Å². The van der Waals surface area contributed by atoms with Crippen molar-refractivity contribution in [2.75, 3.05) is 7.11 Å². The fourth-order valence-corrected chi connectivity index (χ4v) is 1.98. The average molecular weight is 213 g/mol. The van der Waals surface area contributed by atoms with Crippen molar-refractivity contribution >= 4 is 11.4 Å². The van der Waals surface area contributed by atoms with E-state index in [1.807, 2.05) is 12.1 Å². The summed E-state index contributed by atoms with van der Waals surface area (Å²) in [6, 6.07) is 8.36. The van der Waals surface area contributed by atoms with Crippen molar-refractivity contribution in [3.05, 3.63) is 53.6 Å². The van der Waals surface area contributed by atoms with Gasteiger partial charge in [-0.1, -0.05) is 38.1 Å². The zero-order chi connectivity index (χ0) is 11.5. The van der Waals surface area contributed by atoms with E-state index >= 15 is 0 Å². The molecular weight excluding hydrogens is 196 g/mol. The van der Waals surface area contributed by atoms with Crippen LogP contribution >= 0.6 is 0 Å². The van der Waals surface area contributed by atoms with Crippen molar-refractivity contribution in [2.45, 2.75) is 13.8 Å². The molecule has 0 atom stereocenters. The second kappa shape index (κ2) is 4.48. The lowest BCUT2D eigenvalue weighted by Crippen LogP contribution is -2.06. The summed E-state index contributed by atoms with van der Waals surface area (Å²) in [6.07, 6.45) is 6.44. The fraction of sp³-hybridized carbons (Fsp3) is 0.267. The first kappa shape index (κ1) is 10.9. The highest BCUT2D eigenvalue weighted by molar-refractivity contribution is 6.12. The first-order chi connectivity index (χ1) is 7.72. The molecule has 1 aliphatic carbocycles. The second-order valence-corrected chi connectivity index (χ2v) is 4.31. The molecule has 0 aliphatic heterocycles.